The molecule has 0 heterocycles. The average Bonchev–Trinajstić information content (AvgIpc) is 3.36. The molecule has 6 heteroatoms. The van der Waals surface area contributed by atoms with Crippen molar-refractivity contribution < 1.29 is 24.5 Å². The van der Waals surface area contributed by atoms with Crippen LogP contribution in [0.5, 0.6) is 0 Å². The number of carbonyl (C=O) groups is 2. The second-order valence-electron chi connectivity index (χ2n) is 21.7. The van der Waals surface area contributed by atoms with Crippen molar-refractivity contribution in [2.75, 3.05) is 13.2 Å². The smallest absolute Gasteiger partial charge is 0.305 e. The Hall–Kier alpha value is -1.66. The third-order valence-electron chi connectivity index (χ3n) is 14.7. The molecule has 0 saturated carbocycles. The number of allylic oxidation sites excluding steroid dienone is 4. The molecule has 0 bridgehead atoms. The van der Waals surface area contributed by atoms with Gasteiger partial charge in [0, 0.05) is 12.8 Å². The van der Waals surface area contributed by atoms with Gasteiger partial charge in [-0.05, 0) is 77.0 Å². The predicted molar refractivity (Wildman–Crippen MR) is 306 cm³/mol. The molecule has 0 spiro atoms. The molecule has 0 aliphatic carbocycles. The summed E-state index contributed by atoms with van der Waals surface area (Å²) in [5.41, 5.74) is 0. The second kappa shape index (κ2) is 59.9. The van der Waals surface area contributed by atoms with Crippen molar-refractivity contribution in [1.29, 1.82) is 0 Å². The Morgan fingerprint density at radius 1 is 0.386 bits per heavy atom. The van der Waals surface area contributed by atoms with Crippen LogP contribution in [-0.2, 0) is 14.3 Å². The summed E-state index contributed by atoms with van der Waals surface area (Å²) in [6.45, 7) is 4.93. The summed E-state index contributed by atoms with van der Waals surface area (Å²) in [7, 11) is 0. The number of carbonyl (C=O) groups excluding carboxylic acids is 2. The fourth-order valence-corrected chi connectivity index (χ4v) is 9.87. The molecule has 0 aliphatic rings. The molecule has 0 aromatic heterocycles. The molecule has 2 unspecified atom stereocenters. The van der Waals surface area contributed by atoms with Gasteiger partial charge in [-0.25, -0.2) is 0 Å². The molecule has 6 nitrogen and oxygen atoms in total. The molecule has 414 valence electrons. The molecule has 0 aliphatic heterocycles. The maximum atomic E-state index is 12.5. The van der Waals surface area contributed by atoms with E-state index in [0.29, 0.717) is 25.9 Å². The summed E-state index contributed by atoms with van der Waals surface area (Å²) < 4.78 is 5.46. The van der Waals surface area contributed by atoms with Gasteiger partial charge in [0.15, 0.2) is 0 Å². The van der Waals surface area contributed by atoms with Gasteiger partial charge in [0.2, 0.25) is 5.91 Å². The summed E-state index contributed by atoms with van der Waals surface area (Å²) in [6, 6.07) is -0.555. The zero-order valence-corrected chi connectivity index (χ0v) is 47.3. The average molecular weight is 987 g/mol. The third kappa shape index (κ3) is 55.7. The van der Waals surface area contributed by atoms with Crippen molar-refractivity contribution in [1.82, 2.24) is 5.32 Å². The maximum Gasteiger partial charge on any atom is 0.305 e. The number of hydrogen-bond acceptors (Lipinski definition) is 5. The molecule has 0 rings (SSSR count). The first-order valence-corrected chi connectivity index (χ1v) is 31.6. The summed E-state index contributed by atoms with van der Waals surface area (Å²) >= 11 is 0. The van der Waals surface area contributed by atoms with Crippen LogP contribution < -0.4 is 5.32 Å². The molecule has 2 atom stereocenters. The van der Waals surface area contributed by atoms with Crippen LogP contribution in [0.15, 0.2) is 24.3 Å². The Kier molecular flexibility index (Phi) is 58.5. The highest BCUT2D eigenvalue weighted by Crippen LogP contribution is 2.18. The number of aliphatic hydroxyl groups excluding tert-OH is 2. The van der Waals surface area contributed by atoms with E-state index >= 15 is 0 Å². The molecule has 0 saturated heterocycles. The monoisotopic (exact) mass is 986 g/mol. The van der Waals surface area contributed by atoms with E-state index in [1.165, 1.54) is 250 Å². The first-order chi connectivity index (χ1) is 34.5. The fourth-order valence-electron chi connectivity index (χ4n) is 9.87. The highest BCUT2D eigenvalue weighted by Gasteiger charge is 2.20. The highest BCUT2D eigenvalue weighted by atomic mass is 16.5. The van der Waals surface area contributed by atoms with Crippen LogP contribution in [0.2, 0.25) is 0 Å². The maximum absolute atomic E-state index is 12.5. The lowest BCUT2D eigenvalue weighted by Crippen LogP contribution is -2.45. The van der Waals surface area contributed by atoms with E-state index in [1.807, 2.05) is 0 Å². The molecule has 0 fully saturated rings. The molecule has 0 radical (unpaired) electrons. The number of ether oxygens (including phenoxy) is 1. The van der Waals surface area contributed by atoms with Crippen LogP contribution in [0, 0.1) is 0 Å². The van der Waals surface area contributed by atoms with Gasteiger partial charge in [-0.2, -0.15) is 0 Å². The van der Waals surface area contributed by atoms with Gasteiger partial charge < -0.3 is 20.3 Å². The summed E-state index contributed by atoms with van der Waals surface area (Å²) in [4.78, 5) is 24.5. The van der Waals surface area contributed by atoms with Crippen molar-refractivity contribution in [2.24, 2.45) is 0 Å². The Labute approximate surface area is 437 Å². The minimum absolute atomic E-state index is 0.0113. The molecule has 1 amide bonds. The van der Waals surface area contributed by atoms with Crippen LogP contribution in [0.4, 0.5) is 0 Å². The number of rotatable bonds is 59. The summed E-state index contributed by atoms with van der Waals surface area (Å²) in [5.74, 6) is -0.0600. The van der Waals surface area contributed by atoms with Gasteiger partial charge in [0.1, 0.15) is 0 Å². The van der Waals surface area contributed by atoms with E-state index in [4.69, 9.17) is 4.74 Å². The van der Waals surface area contributed by atoms with Crippen molar-refractivity contribution in [3.05, 3.63) is 24.3 Å². The van der Waals surface area contributed by atoms with Crippen LogP contribution >= 0.6 is 0 Å². The Morgan fingerprint density at radius 3 is 1.03 bits per heavy atom. The molecule has 3 N–H and O–H groups in total. The second-order valence-corrected chi connectivity index (χ2v) is 21.7. The van der Waals surface area contributed by atoms with E-state index in [9.17, 15) is 19.8 Å². The summed E-state index contributed by atoms with van der Waals surface area (Å²) in [5, 5.41) is 23.4. The van der Waals surface area contributed by atoms with E-state index in [0.717, 1.165) is 64.2 Å². The molecular weight excluding hydrogens is 863 g/mol. The predicted octanol–water partition coefficient (Wildman–Crippen LogP) is 19.8. The lowest BCUT2D eigenvalue weighted by molar-refractivity contribution is -0.143. The van der Waals surface area contributed by atoms with E-state index in [2.05, 4.69) is 43.5 Å². The largest absolute Gasteiger partial charge is 0.466 e. The van der Waals surface area contributed by atoms with Crippen LogP contribution in [0.25, 0.3) is 0 Å². The number of hydrogen-bond donors (Lipinski definition) is 3. The molecule has 0 aromatic carbocycles. The zero-order valence-electron chi connectivity index (χ0n) is 47.3. The van der Waals surface area contributed by atoms with Gasteiger partial charge in [-0.3, -0.25) is 9.59 Å². The number of unbranched alkanes of at least 4 members (excludes halogenated alkanes) is 44. The molecular formula is C64H123NO5. The number of amides is 1. The van der Waals surface area contributed by atoms with Crippen LogP contribution in [0.3, 0.4) is 0 Å². The lowest BCUT2D eigenvalue weighted by Gasteiger charge is -2.22. The van der Waals surface area contributed by atoms with Crippen LogP contribution in [-0.4, -0.2) is 47.4 Å². The van der Waals surface area contributed by atoms with Gasteiger partial charge in [-0.1, -0.05) is 282 Å². The van der Waals surface area contributed by atoms with Crippen molar-refractivity contribution in [2.45, 2.75) is 360 Å². The quantitative estimate of drug-likeness (QED) is 0.0321. The molecule has 70 heavy (non-hydrogen) atoms. The van der Waals surface area contributed by atoms with E-state index in [1.54, 1.807) is 0 Å². The first-order valence-electron chi connectivity index (χ1n) is 31.6. The molecule has 0 aromatic rings. The van der Waals surface area contributed by atoms with Crippen molar-refractivity contribution in [3.8, 4) is 0 Å². The lowest BCUT2D eigenvalue weighted by atomic mass is 10.0. The minimum Gasteiger partial charge on any atom is -0.466 e. The SMILES string of the molecule is CCCCCC/C=C\CCCCCCCC(=O)OCCCCCCCCC/C=C\CCCCCCCC(=O)NC(CO)C(O)CCCCCCCCCCCCCCCCCCCCCCCCCC. The van der Waals surface area contributed by atoms with E-state index < -0.39 is 12.1 Å². The van der Waals surface area contributed by atoms with Gasteiger partial charge in [0.25, 0.3) is 0 Å². The third-order valence-corrected chi connectivity index (χ3v) is 14.7. The van der Waals surface area contributed by atoms with Gasteiger partial charge >= 0.3 is 5.97 Å². The first kappa shape index (κ1) is 68.3. The zero-order chi connectivity index (χ0) is 50.7. The Balaban J connectivity index is 3.46. The van der Waals surface area contributed by atoms with Crippen molar-refractivity contribution in [3.63, 3.8) is 0 Å². The highest BCUT2D eigenvalue weighted by molar-refractivity contribution is 5.76. The number of nitrogens with one attached hydrogen (secondary N) is 1. The normalized spacial score (nSPS) is 12.7. The Bertz CT molecular complexity index is 1090. The minimum atomic E-state index is -0.676. The number of esters is 1. The Morgan fingerprint density at radius 2 is 0.671 bits per heavy atom. The van der Waals surface area contributed by atoms with Gasteiger partial charge in [0.05, 0.1) is 25.4 Å². The van der Waals surface area contributed by atoms with Crippen molar-refractivity contribution >= 4 is 11.9 Å². The number of aliphatic hydroxyl groups is 2. The van der Waals surface area contributed by atoms with Crippen LogP contribution in [0.1, 0.15) is 348 Å². The fraction of sp³-hybridized carbons (Fsp3) is 0.906. The summed E-state index contributed by atoms with van der Waals surface area (Å²) in [6.07, 6.45) is 73.3. The topological polar surface area (TPSA) is 95.9 Å². The van der Waals surface area contributed by atoms with E-state index in [-0.39, 0.29) is 18.5 Å². The standard InChI is InChI=1S/C64H123NO5/c1-3-5-7-9-11-13-15-17-18-19-20-21-22-23-24-25-26-29-33-36-40-44-48-52-56-62(67)61(60-66)65-63(68)57-53-49-45-41-37-34-30-27-28-31-35-39-43-47-51-55-59-70-64(69)58-54-50-46-42-38-32-16-14-12-10-8-6-4-2/h14,16,27,30,61-62,66-67H,3-13,15,17-26,28-29,31-60H2,1-2H3,(H,65,68)/b16-14-,30-27-. The van der Waals surface area contributed by atoms with Gasteiger partial charge in [-0.15, -0.1) is 0 Å².